The van der Waals surface area contributed by atoms with E-state index in [0.717, 1.165) is 0 Å². The van der Waals surface area contributed by atoms with Crippen LogP contribution in [0.5, 0.6) is 0 Å². The molecule has 1 aliphatic heterocycles. The summed E-state index contributed by atoms with van der Waals surface area (Å²) in [7, 11) is 0. The van der Waals surface area contributed by atoms with E-state index in [1.807, 2.05) is 6.92 Å². The minimum absolute atomic E-state index is 0.144. The second kappa shape index (κ2) is 2.21. The average molecular weight is 144 g/mol. The van der Waals surface area contributed by atoms with Crippen LogP contribution in [-0.4, -0.2) is 18.1 Å². The van der Waals surface area contributed by atoms with Gasteiger partial charge in [-0.05, 0) is 6.92 Å². The highest BCUT2D eigenvalue weighted by molar-refractivity contribution is 5.84. The van der Waals surface area contributed by atoms with Crippen molar-refractivity contribution < 1.29 is 9.63 Å². The monoisotopic (exact) mass is 144 g/mol. The van der Waals surface area contributed by atoms with Crippen molar-refractivity contribution in [2.75, 3.05) is 6.61 Å². The molecule has 0 aromatic rings. The lowest BCUT2D eigenvalue weighted by molar-refractivity contribution is -0.126. The molecule has 2 atom stereocenters. The van der Waals surface area contributed by atoms with Crippen LogP contribution >= 0.6 is 0 Å². The number of hydrogen-bond acceptors (Lipinski definition) is 3. The Morgan fingerprint density at radius 2 is 2.50 bits per heavy atom. The third kappa shape index (κ3) is 0.892. The first-order valence-electron chi connectivity index (χ1n) is 3.26. The smallest absolute Gasteiger partial charge is 0.240 e. The number of rotatable bonds is 1. The zero-order valence-electron chi connectivity index (χ0n) is 6.18. The molecule has 1 fully saturated rings. The first-order chi connectivity index (χ1) is 4.57. The highest BCUT2D eigenvalue weighted by Crippen LogP contribution is 2.21. The normalized spacial score (nSPS) is 40.0. The van der Waals surface area contributed by atoms with Gasteiger partial charge in [0.25, 0.3) is 0 Å². The van der Waals surface area contributed by atoms with Crippen molar-refractivity contribution in [3.05, 3.63) is 0 Å². The molecule has 0 saturated carbocycles. The summed E-state index contributed by atoms with van der Waals surface area (Å²) in [5.41, 5.74) is 7.07. The molecule has 0 bridgehead atoms. The van der Waals surface area contributed by atoms with E-state index in [-0.39, 0.29) is 11.8 Å². The molecule has 1 saturated heterocycles. The summed E-state index contributed by atoms with van der Waals surface area (Å²) in [4.78, 5) is 15.7. The molecule has 3 N–H and O–H groups in total. The number of hydrogen-bond donors (Lipinski definition) is 2. The zero-order valence-corrected chi connectivity index (χ0v) is 6.18. The second-order valence-corrected chi connectivity index (χ2v) is 2.88. The van der Waals surface area contributed by atoms with E-state index in [9.17, 15) is 4.79 Å². The van der Waals surface area contributed by atoms with Crippen LogP contribution in [0.1, 0.15) is 13.8 Å². The Morgan fingerprint density at radius 3 is 2.70 bits per heavy atom. The molecule has 0 radical (unpaired) electrons. The molecule has 58 valence electrons. The van der Waals surface area contributed by atoms with Crippen LogP contribution in [0.25, 0.3) is 0 Å². The first kappa shape index (κ1) is 7.50. The standard InChI is InChI=1S/C6H12N2O2/c1-4-3-10-8-6(4,2)5(7)9/h4,8H,3H2,1-2H3,(H2,7,9). The third-order valence-corrected chi connectivity index (χ3v) is 2.11. The van der Waals surface area contributed by atoms with Gasteiger partial charge in [-0.1, -0.05) is 6.92 Å². The Morgan fingerprint density at radius 1 is 1.90 bits per heavy atom. The Labute approximate surface area is 59.7 Å². The molecular weight excluding hydrogens is 132 g/mol. The van der Waals surface area contributed by atoms with E-state index in [2.05, 4.69) is 5.48 Å². The molecule has 0 aromatic carbocycles. The number of nitrogens with one attached hydrogen (secondary N) is 1. The Kier molecular flexibility index (Phi) is 1.66. The predicted octanol–water partition coefficient (Wildman–Crippen LogP) is -0.599. The van der Waals surface area contributed by atoms with E-state index in [0.29, 0.717) is 6.61 Å². The van der Waals surface area contributed by atoms with Gasteiger partial charge in [-0.25, -0.2) is 0 Å². The van der Waals surface area contributed by atoms with Gasteiger partial charge in [-0.3, -0.25) is 4.79 Å². The van der Waals surface area contributed by atoms with Gasteiger partial charge >= 0.3 is 0 Å². The van der Waals surface area contributed by atoms with Crippen LogP contribution < -0.4 is 11.2 Å². The molecule has 4 heteroatoms. The summed E-state index contributed by atoms with van der Waals surface area (Å²) in [5, 5.41) is 0. The van der Waals surface area contributed by atoms with Gasteiger partial charge in [0.05, 0.1) is 6.61 Å². The lowest BCUT2D eigenvalue weighted by atomic mass is 9.89. The van der Waals surface area contributed by atoms with Crippen molar-refractivity contribution in [2.24, 2.45) is 11.7 Å². The topological polar surface area (TPSA) is 64.3 Å². The van der Waals surface area contributed by atoms with E-state index >= 15 is 0 Å². The Bertz CT molecular complexity index is 160. The van der Waals surface area contributed by atoms with Crippen molar-refractivity contribution >= 4 is 5.91 Å². The quantitative estimate of drug-likeness (QED) is 0.516. The fraction of sp³-hybridized carbons (Fsp3) is 0.833. The highest BCUT2D eigenvalue weighted by Gasteiger charge is 2.42. The molecule has 4 nitrogen and oxygen atoms in total. The molecule has 1 rings (SSSR count). The van der Waals surface area contributed by atoms with Crippen LogP contribution in [0.15, 0.2) is 0 Å². The Balaban J connectivity index is 2.75. The molecule has 1 aliphatic rings. The molecule has 0 aliphatic carbocycles. The summed E-state index contributed by atoms with van der Waals surface area (Å²) < 4.78 is 0. The van der Waals surface area contributed by atoms with E-state index in [1.54, 1.807) is 6.92 Å². The van der Waals surface area contributed by atoms with E-state index < -0.39 is 5.54 Å². The van der Waals surface area contributed by atoms with Crippen molar-refractivity contribution in [1.29, 1.82) is 0 Å². The lowest BCUT2D eigenvalue weighted by Gasteiger charge is -2.22. The molecule has 0 aromatic heterocycles. The highest BCUT2D eigenvalue weighted by atomic mass is 16.7. The number of amides is 1. The molecule has 1 heterocycles. The van der Waals surface area contributed by atoms with Crippen LogP contribution in [0.2, 0.25) is 0 Å². The van der Waals surface area contributed by atoms with Gasteiger partial charge < -0.3 is 10.6 Å². The van der Waals surface area contributed by atoms with E-state index in [4.69, 9.17) is 10.6 Å². The van der Waals surface area contributed by atoms with Gasteiger partial charge in [0.2, 0.25) is 5.91 Å². The molecule has 1 amide bonds. The molecule has 2 unspecified atom stereocenters. The maximum atomic E-state index is 10.8. The summed E-state index contributed by atoms with van der Waals surface area (Å²) in [6, 6.07) is 0. The summed E-state index contributed by atoms with van der Waals surface area (Å²) >= 11 is 0. The zero-order chi connectivity index (χ0) is 7.78. The maximum absolute atomic E-state index is 10.8. The number of carbonyl (C=O) groups excluding carboxylic acids is 1. The number of hydroxylamine groups is 1. The largest absolute Gasteiger partial charge is 0.368 e. The number of primary amides is 1. The third-order valence-electron chi connectivity index (χ3n) is 2.11. The van der Waals surface area contributed by atoms with Gasteiger partial charge in [0, 0.05) is 5.92 Å². The Hall–Kier alpha value is -0.610. The molecule has 10 heavy (non-hydrogen) atoms. The summed E-state index contributed by atoms with van der Waals surface area (Å²) in [6.45, 7) is 4.21. The fourth-order valence-electron chi connectivity index (χ4n) is 0.877. The first-order valence-corrected chi connectivity index (χ1v) is 3.26. The van der Waals surface area contributed by atoms with Crippen molar-refractivity contribution in [2.45, 2.75) is 19.4 Å². The lowest BCUT2D eigenvalue weighted by Crippen LogP contribution is -2.52. The van der Waals surface area contributed by atoms with Crippen molar-refractivity contribution in [1.82, 2.24) is 5.48 Å². The van der Waals surface area contributed by atoms with Crippen LogP contribution in [0.4, 0.5) is 0 Å². The predicted molar refractivity (Wildman–Crippen MR) is 35.9 cm³/mol. The van der Waals surface area contributed by atoms with Gasteiger partial charge in [0.15, 0.2) is 0 Å². The van der Waals surface area contributed by atoms with Crippen molar-refractivity contribution in [3.63, 3.8) is 0 Å². The summed E-state index contributed by atoms with van der Waals surface area (Å²) in [5.74, 6) is -0.220. The second-order valence-electron chi connectivity index (χ2n) is 2.88. The minimum Gasteiger partial charge on any atom is -0.368 e. The SMILES string of the molecule is CC1CONC1(C)C(N)=O. The van der Waals surface area contributed by atoms with Gasteiger partial charge in [-0.2, -0.15) is 5.48 Å². The van der Waals surface area contributed by atoms with Gasteiger partial charge in [-0.15, -0.1) is 0 Å². The fourth-order valence-corrected chi connectivity index (χ4v) is 0.877. The number of carbonyl (C=O) groups is 1. The summed E-state index contributed by atoms with van der Waals surface area (Å²) in [6.07, 6.45) is 0. The van der Waals surface area contributed by atoms with Crippen LogP contribution in [0.3, 0.4) is 0 Å². The van der Waals surface area contributed by atoms with E-state index in [1.165, 1.54) is 0 Å². The molecular formula is C6H12N2O2. The molecule has 0 spiro atoms. The maximum Gasteiger partial charge on any atom is 0.240 e. The van der Waals surface area contributed by atoms with Crippen LogP contribution in [0, 0.1) is 5.92 Å². The van der Waals surface area contributed by atoms with Crippen LogP contribution in [-0.2, 0) is 9.63 Å². The van der Waals surface area contributed by atoms with Crippen molar-refractivity contribution in [3.8, 4) is 0 Å². The number of nitrogens with two attached hydrogens (primary N) is 1. The van der Waals surface area contributed by atoms with Gasteiger partial charge in [0.1, 0.15) is 5.54 Å². The average Bonchev–Trinajstić information content (AvgIpc) is 2.15. The minimum atomic E-state index is -0.681.